The van der Waals surface area contributed by atoms with E-state index >= 15 is 0 Å². The van der Waals surface area contributed by atoms with Gasteiger partial charge >= 0.3 is 0 Å². The van der Waals surface area contributed by atoms with Gasteiger partial charge in [-0.1, -0.05) is 19.9 Å². The van der Waals surface area contributed by atoms with Gasteiger partial charge in [0, 0.05) is 17.3 Å². The van der Waals surface area contributed by atoms with Crippen LogP contribution in [-0.2, 0) is 12.8 Å². The second kappa shape index (κ2) is 5.63. The molecule has 1 saturated heterocycles. The van der Waals surface area contributed by atoms with Gasteiger partial charge in [0.1, 0.15) is 0 Å². The number of hydrogen-bond donors (Lipinski definition) is 0. The zero-order chi connectivity index (χ0) is 12.3. The van der Waals surface area contributed by atoms with E-state index in [1.807, 2.05) is 0 Å². The van der Waals surface area contributed by atoms with Gasteiger partial charge in [0.15, 0.2) is 0 Å². The minimum atomic E-state index is 0.683. The summed E-state index contributed by atoms with van der Waals surface area (Å²) in [6, 6.07) is 4.55. The molecule has 94 valence electrons. The Morgan fingerprint density at radius 2 is 1.88 bits per heavy atom. The van der Waals surface area contributed by atoms with E-state index in [-0.39, 0.29) is 0 Å². The van der Waals surface area contributed by atoms with Crippen LogP contribution >= 0.6 is 0 Å². The molecule has 1 aliphatic heterocycles. The van der Waals surface area contributed by atoms with E-state index in [1.165, 1.54) is 42.9 Å². The number of likely N-dealkylation sites (tertiary alicyclic amines) is 1. The van der Waals surface area contributed by atoms with Crippen LogP contribution in [0, 0.1) is 0 Å². The second-order valence-electron chi connectivity index (χ2n) is 5.13. The molecule has 1 aromatic heterocycles. The minimum Gasteiger partial charge on any atom is -0.306 e. The van der Waals surface area contributed by atoms with Crippen molar-refractivity contribution in [1.29, 1.82) is 0 Å². The third-order valence-electron chi connectivity index (χ3n) is 3.94. The maximum Gasteiger partial charge on any atom is 0.0439 e. The van der Waals surface area contributed by atoms with Crippen LogP contribution < -0.4 is 0 Å². The van der Waals surface area contributed by atoms with E-state index in [0.29, 0.717) is 5.92 Å². The van der Waals surface area contributed by atoms with Crippen molar-refractivity contribution in [2.24, 2.45) is 0 Å². The van der Waals surface area contributed by atoms with Crippen molar-refractivity contribution in [1.82, 2.24) is 9.88 Å². The lowest BCUT2D eigenvalue weighted by molar-refractivity contribution is 0.253. The third-order valence-corrected chi connectivity index (χ3v) is 3.94. The SMILES string of the molecule is CCc1ccc(C2CCN(C)CC2)nc1CC. The molecule has 1 aromatic rings. The van der Waals surface area contributed by atoms with E-state index in [9.17, 15) is 0 Å². The van der Waals surface area contributed by atoms with Crippen LogP contribution in [0.4, 0.5) is 0 Å². The van der Waals surface area contributed by atoms with Gasteiger partial charge < -0.3 is 4.90 Å². The molecule has 0 atom stereocenters. The lowest BCUT2D eigenvalue weighted by Gasteiger charge is -2.28. The number of aryl methyl sites for hydroxylation is 2. The fraction of sp³-hybridized carbons (Fsp3) is 0.667. The molecule has 0 aromatic carbocycles. The van der Waals surface area contributed by atoms with Crippen molar-refractivity contribution >= 4 is 0 Å². The van der Waals surface area contributed by atoms with Crippen molar-refractivity contribution < 1.29 is 0 Å². The number of pyridine rings is 1. The van der Waals surface area contributed by atoms with Crippen molar-refractivity contribution in [3.63, 3.8) is 0 Å². The van der Waals surface area contributed by atoms with Crippen molar-refractivity contribution in [2.45, 2.75) is 45.4 Å². The molecule has 0 spiro atoms. The van der Waals surface area contributed by atoms with Crippen molar-refractivity contribution in [2.75, 3.05) is 20.1 Å². The fourth-order valence-electron chi connectivity index (χ4n) is 2.71. The minimum absolute atomic E-state index is 0.683. The first-order chi connectivity index (χ1) is 8.24. The van der Waals surface area contributed by atoms with E-state index in [2.05, 4.69) is 37.9 Å². The molecule has 0 saturated carbocycles. The molecule has 0 amide bonds. The Morgan fingerprint density at radius 1 is 1.18 bits per heavy atom. The smallest absolute Gasteiger partial charge is 0.0439 e. The molecule has 0 N–H and O–H groups in total. The van der Waals surface area contributed by atoms with Gasteiger partial charge in [-0.2, -0.15) is 0 Å². The lowest BCUT2D eigenvalue weighted by Crippen LogP contribution is -2.29. The van der Waals surface area contributed by atoms with Crippen molar-refractivity contribution in [3.05, 3.63) is 29.1 Å². The first-order valence-corrected chi connectivity index (χ1v) is 6.91. The molecule has 2 heterocycles. The highest BCUT2D eigenvalue weighted by molar-refractivity contribution is 5.25. The Morgan fingerprint density at radius 3 is 2.47 bits per heavy atom. The molecule has 17 heavy (non-hydrogen) atoms. The van der Waals surface area contributed by atoms with Crippen LogP contribution in [0.15, 0.2) is 12.1 Å². The van der Waals surface area contributed by atoms with Gasteiger partial charge in [0.2, 0.25) is 0 Å². The third kappa shape index (κ3) is 2.86. The zero-order valence-electron chi connectivity index (χ0n) is 11.4. The topological polar surface area (TPSA) is 16.1 Å². The Labute approximate surface area is 105 Å². The summed E-state index contributed by atoms with van der Waals surface area (Å²) in [4.78, 5) is 7.31. The molecule has 1 aliphatic rings. The molecule has 2 nitrogen and oxygen atoms in total. The molecule has 2 heteroatoms. The molecule has 1 fully saturated rings. The quantitative estimate of drug-likeness (QED) is 0.796. The monoisotopic (exact) mass is 232 g/mol. The standard InChI is InChI=1S/C15H24N2/c1-4-12-6-7-15(16-14(12)5-2)13-8-10-17(3)11-9-13/h6-7,13H,4-5,8-11H2,1-3H3. The van der Waals surface area contributed by atoms with E-state index in [0.717, 1.165) is 12.8 Å². The molecule has 0 unspecified atom stereocenters. The highest BCUT2D eigenvalue weighted by Crippen LogP contribution is 2.27. The molecule has 0 radical (unpaired) electrons. The normalized spacial score (nSPS) is 18.5. The van der Waals surface area contributed by atoms with Crippen LogP contribution in [0.2, 0.25) is 0 Å². The van der Waals surface area contributed by atoms with Crippen molar-refractivity contribution in [3.8, 4) is 0 Å². The van der Waals surface area contributed by atoms with Gasteiger partial charge in [-0.25, -0.2) is 0 Å². The van der Waals surface area contributed by atoms with Crippen LogP contribution in [0.25, 0.3) is 0 Å². The van der Waals surface area contributed by atoms with Crippen LogP contribution in [0.3, 0.4) is 0 Å². The molecule has 0 aliphatic carbocycles. The van der Waals surface area contributed by atoms with E-state index in [4.69, 9.17) is 4.98 Å². The number of rotatable bonds is 3. The summed E-state index contributed by atoms with van der Waals surface area (Å²) >= 11 is 0. The molecule has 0 bridgehead atoms. The second-order valence-corrected chi connectivity index (χ2v) is 5.13. The summed E-state index contributed by atoms with van der Waals surface area (Å²) in [5, 5.41) is 0. The first kappa shape index (κ1) is 12.6. The van der Waals surface area contributed by atoms with Gasteiger partial charge in [-0.05, 0) is 57.5 Å². The summed E-state index contributed by atoms with van der Waals surface area (Å²) in [5.41, 5.74) is 4.06. The predicted octanol–water partition coefficient (Wildman–Crippen LogP) is 3.02. The lowest BCUT2D eigenvalue weighted by atomic mass is 9.92. The first-order valence-electron chi connectivity index (χ1n) is 6.91. The largest absolute Gasteiger partial charge is 0.306 e. The molecule has 2 rings (SSSR count). The Kier molecular flexibility index (Phi) is 4.16. The summed E-state index contributed by atoms with van der Waals surface area (Å²) in [6.07, 6.45) is 4.68. The highest BCUT2D eigenvalue weighted by Gasteiger charge is 2.19. The fourth-order valence-corrected chi connectivity index (χ4v) is 2.71. The predicted molar refractivity (Wildman–Crippen MR) is 72.5 cm³/mol. The zero-order valence-corrected chi connectivity index (χ0v) is 11.4. The number of nitrogens with zero attached hydrogens (tertiary/aromatic N) is 2. The van der Waals surface area contributed by atoms with Crippen LogP contribution in [-0.4, -0.2) is 30.0 Å². The van der Waals surface area contributed by atoms with Crippen LogP contribution in [0.5, 0.6) is 0 Å². The maximum atomic E-state index is 4.89. The van der Waals surface area contributed by atoms with E-state index < -0.39 is 0 Å². The molecular weight excluding hydrogens is 208 g/mol. The summed E-state index contributed by atoms with van der Waals surface area (Å²) in [6.45, 7) is 6.85. The van der Waals surface area contributed by atoms with Gasteiger partial charge in [-0.15, -0.1) is 0 Å². The van der Waals surface area contributed by atoms with Gasteiger partial charge in [-0.3, -0.25) is 4.98 Å². The number of piperidine rings is 1. The maximum absolute atomic E-state index is 4.89. The summed E-state index contributed by atoms with van der Waals surface area (Å²) in [7, 11) is 2.21. The van der Waals surface area contributed by atoms with Gasteiger partial charge in [0.25, 0.3) is 0 Å². The number of aromatic nitrogens is 1. The average Bonchev–Trinajstić information content (AvgIpc) is 2.39. The Balaban J connectivity index is 2.16. The number of hydrogen-bond acceptors (Lipinski definition) is 2. The van der Waals surface area contributed by atoms with Crippen LogP contribution in [0.1, 0.15) is 49.6 Å². The summed E-state index contributed by atoms with van der Waals surface area (Å²) < 4.78 is 0. The molecular formula is C15H24N2. The Bertz CT molecular complexity index is 365. The highest BCUT2D eigenvalue weighted by atomic mass is 15.1. The Hall–Kier alpha value is -0.890. The average molecular weight is 232 g/mol. The summed E-state index contributed by atoms with van der Waals surface area (Å²) in [5.74, 6) is 0.683. The van der Waals surface area contributed by atoms with Gasteiger partial charge in [0.05, 0.1) is 0 Å². The van der Waals surface area contributed by atoms with E-state index in [1.54, 1.807) is 0 Å².